The molecule has 1 aromatic carbocycles. The quantitative estimate of drug-likeness (QED) is 0.612. The molecule has 108 valence electrons. The molecule has 20 heavy (non-hydrogen) atoms. The fraction of sp³-hybridized carbons (Fsp3) is 0.529. The molecule has 1 aromatic rings. The van der Waals surface area contributed by atoms with Crippen molar-refractivity contribution in [3.63, 3.8) is 0 Å². The lowest BCUT2D eigenvalue weighted by molar-refractivity contribution is -0.153. The molecule has 1 aliphatic carbocycles. The van der Waals surface area contributed by atoms with Gasteiger partial charge in [-0.25, -0.2) is 0 Å². The zero-order valence-electron chi connectivity index (χ0n) is 12.4. The van der Waals surface area contributed by atoms with Crippen molar-refractivity contribution in [2.24, 2.45) is 11.8 Å². The van der Waals surface area contributed by atoms with Gasteiger partial charge in [0.2, 0.25) is 0 Å². The van der Waals surface area contributed by atoms with Crippen LogP contribution >= 0.6 is 0 Å². The first-order chi connectivity index (χ1) is 9.56. The van der Waals surface area contributed by atoms with Crippen LogP contribution in [-0.2, 0) is 20.7 Å². The summed E-state index contributed by atoms with van der Waals surface area (Å²) in [6, 6.07) is 8.03. The summed E-state index contributed by atoms with van der Waals surface area (Å²) in [6.45, 7) is 5.89. The molecule has 0 N–H and O–H groups in total. The summed E-state index contributed by atoms with van der Waals surface area (Å²) >= 11 is 0. The molecule has 0 amide bonds. The molecule has 1 aliphatic rings. The van der Waals surface area contributed by atoms with Gasteiger partial charge in [-0.05, 0) is 36.8 Å². The SMILES string of the molecule is CCOC(=O)C(C(=O)C1CCc2ccccc21)C(C)C. The van der Waals surface area contributed by atoms with Crippen molar-refractivity contribution in [2.45, 2.75) is 39.5 Å². The number of carbonyl (C=O) groups is 2. The van der Waals surface area contributed by atoms with Crippen molar-refractivity contribution >= 4 is 11.8 Å². The molecule has 0 saturated heterocycles. The standard InChI is InChI=1S/C17H22O3/c1-4-20-17(19)15(11(2)3)16(18)14-10-9-12-7-5-6-8-13(12)14/h5-8,11,14-15H,4,9-10H2,1-3H3. The van der Waals surface area contributed by atoms with Gasteiger partial charge >= 0.3 is 5.97 Å². The number of benzene rings is 1. The van der Waals surface area contributed by atoms with Crippen LogP contribution in [-0.4, -0.2) is 18.4 Å². The summed E-state index contributed by atoms with van der Waals surface area (Å²) in [5, 5.41) is 0. The first-order valence-corrected chi connectivity index (χ1v) is 7.34. The minimum Gasteiger partial charge on any atom is -0.465 e. The number of carbonyl (C=O) groups excluding carboxylic acids is 2. The average Bonchev–Trinajstić information content (AvgIpc) is 2.82. The van der Waals surface area contributed by atoms with Gasteiger partial charge < -0.3 is 4.74 Å². The minimum absolute atomic E-state index is 0.0170. The molecule has 2 unspecified atom stereocenters. The molecule has 0 aliphatic heterocycles. The highest BCUT2D eigenvalue weighted by atomic mass is 16.5. The van der Waals surface area contributed by atoms with Gasteiger partial charge in [-0.1, -0.05) is 38.1 Å². The Labute approximate surface area is 120 Å². The minimum atomic E-state index is -0.647. The molecule has 0 radical (unpaired) electrons. The van der Waals surface area contributed by atoms with Gasteiger partial charge in [-0.2, -0.15) is 0 Å². The molecule has 0 spiro atoms. The molecule has 0 saturated carbocycles. The van der Waals surface area contributed by atoms with E-state index >= 15 is 0 Å². The van der Waals surface area contributed by atoms with E-state index in [9.17, 15) is 9.59 Å². The third-order valence-electron chi connectivity index (χ3n) is 3.99. The monoisotopic (exact) mass is 274 g/mol. The highest BCUT2D eigenvalue weighted by Crippen LogP contribution is 2.36. The number of aryl methyl sites for hydroxylation is 1. The van der Waals surface area contributed by atoms with Gasteiger partial charge in [-0.15, -0.1) is 0 Å². The zero-order valence-corrected chi connectivity index (χ0v) is 12.4. The second-order valence-electron chi connectivity index (χ2n) is 5.67. The van der Waals surface area contributed by atoms with E-state index in [1.165, 1.54) is 5.56 Å². The Morgan fingerprint density at radius 2 is 2.00 bits per heavy atom. The maximum atomic E-state index is 12.8. The van der Waals surface area contributed by atoms with Gasteiger partial charge in [0.05, 0.1) is 6.61 Å². The van der Waals surface area contributed by atoms with Crippen molar-refractivity contribution in [1.82, 2.24) is 0 Å². The maximum absolute atomic E-state index is 12.8. The summed E-state index contributed by atoms with van der Waals surface area (Å²) in [5.74, 6) is -1.19. The van der Waals surface area contributed by atoms with Crippen molar-refractivity contribution < 1.29 is 14.3 Å². The van der Waals surface area contributed by atoms with Gasteiger partial charge in [0.25, 0.3) is 0 Å². The Hall–Kier alpha value is -1.64. The fourth-order valence-corrected chi connectivity index (χ4v) is 3.02. The number of fused-ring (bicyclic) bond motifs is 1. The van der Waals surface area contributed by atoms with Crippen LogP contribution in [0.5, 0.6) is 0 Å². The third kappa shape index (κ3) is 2.77. The number of Topliss-reactive ketones (excluding diaryl/α,β-unsaturated/α-hetero) is 1. The lowest BCUT2D eigenvalue weighted by Gasteiger charge is -2.21. The molecular formula is C17H22O3. The van der Waals surface area contributed by atoms with Crippen LogP contribution in [0.2, 0.25) is 0 Å². The maximum Gasteiger partial charge on any atom is 0.316 e. The smallest absolute Gasteiger partial charge is 0.316 e. The van der Waals surface area contributed by atoms with Crippen LogP contribution in [0.25, 0.3) is 0 Å². The van der Waals surface area contributed by atoms with Crippen LogP contribution in [0.1, 0.15) is 44.2 Å². The topological polar surface area (TPSA) is 43.4 Å². The van der Waals surface area contributed by atoms with Crippen LogP contribution < -0.4 is 0 Å². The number of ketones is 1. The van der Waals surface area contributed by atoms with Gasteiger partial charge in [0.1, 0.15) is 5.92 Å². The molecule has 2 rings (SSSR count). The molecule has 3 nitrogen and oxygen atoms in total. The fourth-order valence-electron chi connectivity index (χ4n) is 3.02. The largest absolute Gasteiger partial charge is 0.465 e. The Morgan fingerprint density at radius 3 is 2.65 bits per heavy atom. The number of esters is 1. The molecule has 2 atom stereocenters. The Morgan fingerprint density at radius 1 is 1.30 bits per heavy atom. The second-order valence-corrected chi connectivity index (χ2v) is 5.67. The predicted molar refractivity (Wildman–Crippen MR) is 77.5 cm³/mol. The number of hydrogen-bond acceptors (Lipinski definition) is 3. The van der Waals surface area contributed by atoms with Crippen LogP contribution in [0.4, 0.5) is 0 Å². The molecule has 0 heterocycles. The predicted octanol–water partition coefficient (Wildman–Crippen LogP) is 3.12. The number of rotatable bonds is 5. The molecule has 0 aromatic heterocycles. The lowest BCUT2D eigenvalue weighted by atomic mass is 9.82. The Kier molecular flexibility index (Phi) is 4.58. The van der Waals surface area contributed by atoms with E-state index in [1.54, 1.807) is 6.92 Å². The lowest BCUT2D eigenvalue weighted by Crippen LogP contribution is -2.33. The summed E-state index contributed by atoms with van der Waals surface area (Å²) in [6.07, 6.45) is 1.72. The van der Waals surface area contributed by atoms with Crippen LogP contribution in [0.15, 0.2) is 24.3 Å². The second kappa shape index (κ2) is 6.21. The van der Waals surface area contributed by atoms with E-state index in [0.717, 1.165) is 18.4 Å². The van der Waals surface area contributed by atoms with E-state index in [2.05, 4.69) is 6.07 Å². The van der Waals surface area contributed by atoms with E-state index in [1.807, 2.05) is 32.0 Å². The highest BCUT2D eigenvalue weighted by Gasteiger charge is 2.38. The van der Waals surface area contributed by atoms with Crippen molar-refractivity contribution in [2.75, 3.05) is 6.61 Å². The first-order valence-electron chi connectivity index (χ1n) is 7.34. The average molecular weight is 274 g/mol. The van der Waals surface area contributed by atoms with Crippen LogP contribution in [0.3, 0.4) is 0 Å². The molecule has 0 bridgehead atoms. The summed E-state index contributed by atoms with van der Waals surface area (Å²) < 4.78 is 5.07. The highest BCUT2D eigenvalue weighted by molar-refractivity contribution is 6.03. The normalized spacial score (nSPS) is 18.7. The van der Waals surface area contributed by atoms with E-state index in [4.69, 9.17) is 4.74 Å². The summed E-state index contributed by atoms with van der Waals surface area (Å²) in [4.78, 5) is 24.8. The van der Waals surface area contributed by atoms with Crippen molar-refractivity contribution in [3.8, 4) is 0 Å². The zero-order chi connectivity index (χ0) is 14.7. The Balaban J connectivity index is 2.23. The molecular weight excluding hydrogens is 252 g/mol. The third-order valence-corrected chi connectivity index (χ3v) is 3.99. The summed E-state index contributed by atoms with van der Waals surface area (Å²) in [7, 11) is 0. The molecule has 0 fully saturated rings. The van der Waals surface area contributed by atoms with Crippen LogP contribution in [0, 0.1) is 11.8 Å². The number of hydrogen-bond donors (Lipinski definition) is 0. The van der Waals surface area contributed by atoms with Crippen molar-refractivity contribution in [3.05, 3.63) is 35.4 Å². The summed E-state index contributed by atoms with van der Waals surface area (Å²) in [5.41, 5.74) is 2.32. The van der Waals surface area contributed by atoms with Gasteiger partial charge in [-0.3, -0.25) is 9.59 Å². The molecule has 3 heteroatoms. The van der Waals surface area contributed by atoms with Gasteiger partial charge in [0.15, 0.2) is 5.78 Å². The van der Waals surface area contributed by atoms with E-state index in [-0.39, 0.29) is 23.6 Å². The number of ether oxygens (including phenoxy) is 1. The van der Waals surface area contributed by atoms with Crippen molar-refractivity contribution in [1.29, 1.82) is 0 Å². The Bertz CT molecular complexity index is 505. The van der Waals surface area contributed by atoms with E-state index in [0.29, 0.717) is 6.61 Å². The van der Waals surface area contributed by atoms with E-state index < -0.39 is 5.92 Å². The first kappa shape index (κ1) is 14.8. The van der Waals surface area contributed by atoms with Gasteiger partial charge in [0, 0.05) is 5.92 Å².